The number of nitrogens with one attached hydrogen (secondary N) is 1. The number of aromatic nitrogens is 2. The molecule has 7 nitrogen and oxygen atoms in total. The van der Waals surface area contributed by atoms with Crippen LogP contribution >= 0.6 is 23.2 Å². The number of anilines is 2. The molecular weight excluding hydrogens is 523 g/mol. The third-order valence-corrected chi connectivity index (χ3v) is 7.71. The summed E-state index contributed by atoms with van der Waals surface area (Å²) in [6.07, 6.45) is 0. The molecule has 0 fully saturated rings. The van der Waals surface area contributed by atoms with Crippen LogP contribution in [0, 0.1) is 6.92 Å². The third kappa shape index (κ3) is 3.18. The Balaban J connectivity index is 1.77. The van der Waals surface area contributed by atoms with Gasteiger partial charge in [0.1, 0.15) is 17.1 Å². The number of hydrogen-bond acceptors (Lipinski definition) is 4. The van der Waals surface area contributed by atoms with Crippen LogP contribution < -0.4 is 15.0 Å². The minimum atomic E-state index is -1.51. The van der Waals surface area contributed by atoms with E-state index in [1.807, 2.05) is 51.1 Å². The molecule has 38 heavy (non-hydrogen) atoms. The Labute approximate surface area is 229 Å². The van der Waals surface area contributed by atoms with Crippen LogP contribution in [0.1, 0.15) is 52.6 Å². The summed E-state index contributed by atoms with van der Waals surface area (Å²) in [5, 5.41) is 8.85. The van der Waals surface area contributed by atoms with Gasteiger partial charge in [0, 0.05) is 26.9 Å². The van der Waals surface area contributed by atoms with Gasteiger partial charge in [-0.15, -0.1) is 0 Å². The van der Waals surface area contributed by atoms with E-state index in [9.17, 15) is 9.59 Å². The molecule has 3 heterocycles. The van der Waals surface area contributed by atoms with Crippen molar-refractivity contribution < 1.29 is 14.3 Å². The highest BCUT2D eigenvalue weighted by atomic mass is 35.5. The largest absolute Gasteiger partial charge is 0.494 e. The molecule has 9 heteroatoms. The Morgan fingerprint density at radius 1 is 0.974 bits per heavy atom. The molecule has 0 saturated carbocycles. The van der Waals surface area contributed by atoms with Gasteiger partial charge >= 0.3 is 0 Å². The summed E-state index contributed by atoms with van der Waals surface area (Å²) in [5.41, 5.74) is 3.08. The topological polar surface area (TPSA) is 76.5 Å². The molecule has 2 amide bonds. The molecule has 0 bridgehead atoms. The Kier molecular flexibility index (Phi) is 5.56. The molecule has 3 aromatic carbocycles. The molecule has 1 spiro atoms. The van der Waals surface area contributed by atoms with Gasteiger partial charge in [-0.1, -0.05) is 61.3 Å². The molecule has 6 rings (SSSR count). The van der Waals surface area contributed by atoms with E-state index in [0.29, 0.717) is 55.4 Å². The zero-order valence-electron chi connectivity index (χ0n) is 21.2. The van der Waals surface area contributed by atoms with Gasteiger partial charge < -0.3 is 10.1 Å². The summed E-state index contributed by atoms with van der Waals surface area (Å²) in [5.74, 6) is -0.277. The molecule has 0 saturated heterocycles. The number of rotatable bonds is 4. The standard InChI is InChI=1S/C29H24Cl2N4O3/c1-15(2)25-24-26(35(33-25)21-7-5-6-8-23(21)38-4)27(36)34(22-14-18(31)10-9-16(22)3)29(24)19-12-11-17(30)13-20(19)32-28(29)37/h5-15H,1-4H3,(H,32,37). The van der Waals surface area contributed by atoms with Crippen LogP contribution in [0.15, 0.2) is 60.7 Å². The van der Waals surface area contributed by atoms with E-state index in [2.05, 4.69) is 5.32 Å². The van der Waals surface area contributed by atoms with E-state index in [1.165, 1.54) is 0 Å². The second kappa shape index (κ2) is 8.61. The van der Waals surface area contributed by atoms with Gasteiger partial charge in [-0.05, 0) is 54.8 Å². The van der Waals surface area contributed by atoms with E-state index in [0.717, 1.165) is 5.56 Å². The molecule has 0 aliphatic carbocycles. The van der Waals surface area contributed by atoms with Gasteiger partial charge in [-0.3, -0.25) is 14.5 Å². The van der Waals surface area contributed by atoms with Crippen molar-refractivity contribution in [2.45, 2.75) is 32.2 Å². The summed E-state index contributed by atoms with van der Waals surface area (Å²) in [6, 6.07) is 17.9. The first-order valence-corrected chi connectivity index (χ1v) is 12.9. The first-order chi connectivity index (χ1) is 18.2. The van der Waals surface area contributed by atoms with Crippen molar-refractivity contribution in [1.82, 2.24) is 9.78 Å². The molecular formula is C29H24Cl2N4O3. The van der Waals surface area contributed by atoms with Gasteiger partial charge in [-0.2, -0.15) is 5.10 Å². The van der Waals surface area contributed by atoms with Gasteiger partial charge in [0.15, 0.2) is 5.54 Å². The number of nitrogens with zero attached hydrogens (tertiary/aromatic N) is 3. The minimum absolute atomic E-state index is 0.103. The normalized spacial score (nSPS) is 17.8. The maximum atomic E-state index is 14.6. The Bertz CT molecular complexity index is 1660. The van der Waals surface area contributed by atoms with Crippen LogP contribution in [0.3, 0.4) is 0 Å². The lowest BCUT2D eigenvalue weighted by Crippen LogP contribution is -2.51. The minimum Gasteiger partial charge on any atom is -0.494 e. The lowest BCUT2D eigenvalue weighted by molar-refractivity contribution is -0.119. The molecule has 1 aromatic heterocycles. The second-order valence-electron chi connectivity index (χ2n) is 9.77. The maximum absolute atomic E-state index is 14.6. The molecule has 1 atom stereocenters. The number of fused-ring (bicyclic) bond motifs is 4. The van der Waals surface area contributed by atoms with Gasteiger partial charge in [0.25, 0.3) is 11.8 Å². The van der Waals surface area contributed by atoms with E-state index in [4.69, 9.17) is 33.0 Å². The monoisotopic (exact) mass is 546 g/mol. The van der Waals surface area contributed by atoms with Crippen LogP contribution in [0.4, 0.5) is 11.4 Å². The predicted molar refractivity (Wildman–Crippen MR) is 148 cm³/mol. The highest BCUT2D eigenvalue weighted by molar-refractivity contribution is 6.32. The second-order valence-corrected chi connectivity index (χ2v) is 10.6. The predicted octanol–water partition coefficient (Wildman–Crippen LogP) is 6.48. The number of hydrogen-bond donors (Lipinski definition) is 1. The van der Waals surface area contributed by atoms with Crippen molar-refractivity contribution in [3.05, 3.63) is 98.8 Å². The number of carbonyl (C=O) groups excluding carboxylic acids is 2. The molecule has 192 valence electrons. The third-order valence-electron chi connectivity index (χ3n) is 7.24. The van der Waals surface area contributed by atoms with E-state index in [1.54, 1.807) is 47.0 Å². The average molecular weight is 547 g/mol. The maximum Gasteiger partial charge on any atom is 0.278 e. The fourth-order valence-electron chi connectivity index (χ4n) is 5.60. The fourth-order valence-corrected chi connectivity index (χ4v) is 5.94. The summed E-state index contributed by atoms with van der Waals surface area (Å²) >= 11 is 12.8. The zero-order valence-corrected chi connectivity index (χ0v) is 22.7. The Morgan fingerprint density at radius 2 is 1.68 bits per heavy atom. The lowest BCUT2D eigenvalue weighted by Gasteiger charge is -2.35. The summed E-state index contributed by atoms with van der Waals surface area (Å²) in [6.45, 7) is 5.88. The number of carbonyl (C=O) groups is 2. The number of aryl methyl sites for hydroxylation is 1. The van der Waals surface area contributed by atoms with E-state index < -0.39 is 5.54 Å². The number of benzene rings is 3. The first kappa shape index (κ1) is 24.5. The van der Waals surface area contributed by atoms with Crippen molar-refractivity contribution in [3.63, 3.8) is 0 Å². The highest BCUT2D eigenvalue weighted by Gasteiger charge is 2.64. The van der Waals surface area contributed by atoms with Crippen LogP contribution in [0.25, 0.3) is 5.69 Å². The van der Waals surface area contributed by atoms with Gasteiger partial charge in [-0.25, -0.2) is 4.68 Å². The van der Waals surface area contributed by atoms with Crippen LogP contribution in [-0.2, 0) is 10.3 Å². The van der Waals surface area contributed by atoms with Crippen LogP contribution in [0.5, 0.6) is 5.75 Å². The van der Waals surface area contributed by atoms with Crippen LogP contribution in [-0.4, -0.2) is 28.7 Å². The van der Waals surface area contributed by atoms with Crippen molar-refractivity contribution in [2.75, 3.05) is 17.3 Å². The SMILES string of the molecule is COc1ccccc1-n1nc(C(C)C)c2c1C(=O)N(c1cc(Cl)ccc1C)C21C(=O)Nc2cc(Cl)ccc21. The lowest BCUT2D eigenvalue weighted by atomic mass is 9.81. The van der Waals surface area contributed by atoms with E-state index in [-0.39, 0.29) is 17.7 Å². The number of ether oxygens (including phenoxy) is 1. The van der Waals surface area contributed by atoms with Gasteiger partial charge in [0.05, 0.1) is 18.5 Å². The van der Waals surface area contributed by atoms with Crippen molar-refractivity contribution in [3.8, 4) is 11.4 Å². The van der Waals surface area contributed by atoms with Gasteiger partial charge in [0.2, 0.25) is 0 Å². The number of halogens is 2. The Morgan fingerprint density at radius 3 is 2.42 bits per heavy atom. The summed E-state index contributed by atoms with van der Waals surface area (Å²) in [7, 11) is 1.57. The van der Waals surface area contributed by atoms with Crippen molar-refractivity contribution >= 4 is 46.4 Å². The average Bonchev–Trinajstić information content (AvgIpc) is 3.50. The highest BCUT2D eigenvalue weighted by Crippen LogP contribution is 2.56. The number of methoxy groups -OCH3 is 1. The van der Waals surface area contributed by atoms with Crippen molar-refractivity contribution in [1.29, 1.82) is 0 Å². The molecule has 0 radical (unpaired) electrons. The first-order valence-electron chi connectivity index (χ1n) is 12.2. The summed E-state index contributed by atoms with van der Waals surface area (Å²) in [4.78, 5) is 30.5. The molecule has 1 N–H and O–H groups in total. The molecule has 2 aliphatic heterocycles. The Hall–Kier alpha value is -3.81. The molecule has 2 aliphatic rings. The smallest absolute Gasteiger partial charge is 0.278 e. The fraction of sp³-hybridized carbons (Fsp3) is 0.207. The zero-order chi connectivity index (χ0) is 26.9. The van der Waals surface area contributed by atoms with Crippen molar-refractivity contribution in [2.24, 2.45) is 0 Å². The molecule has 1 unspecified atom stereocenters. The number of para-hydroxylation sites is 2. The van der Waals surface area contributed by atoms with E-state index >= 15 is 0 Å². The number of amides is 2. The van der Waals surface area contributed by atoms with Crippen LogP contribution in [0.2, 0.25) is 10.0 Å². The quantitative estimate of drug-likeness (QED) is 0.318. The summed E-state index contributed by atoms with van der Waals surface area (Å²) < 4.78 is 7.23. The molecule has 4 aromatic rings.